The Hall–Kier alpha value is -1.12. The predicted octanol–water partition coefficient (Wildman–Crippen LogP) is 3.00. The van der Waals surface area contributed by atoms with Gasteiger partial charge in [0.15, 0.2) is 5.96 Å². The molecule has 0 amide bonds. The number of nitrogens with one attached hydrogen (secondary N) is 1. The van der Waals surface area contributed by atoms with Crippen molar-refractivity contribution in [2.75, 3.05) is 59.4 Å². The minimum atomic E-state index is 0. The van der Waals surface area contributed by atoms with Crippen molar-refractivity contribution >= 4 is 36.0 Å². The molecular weight excluding hydrogens is 473 g/mol. The van der Waals surface area contributed by atoms with E-state index in [4.69, 9.17) is 0 Å². The normalized spacial score (nSPS) is 24.1. The fraction of sp³-hybridized carbons (Fsp3) is 0.609. The Kier molecular flexibility index (Phi) is 8.81. The summed E-state index contributed by atoms with van der Waals surface area (Å²) in [6.07, 6.45) is 8.68. The van der Waals surface area contributed by atoms with Gasteiger partial charge < -0.3 is 15.1 Å². The lowest BCUT2D eigenvalue weighted by atomic mass is 10.1. The molecule has 1 N–H and O–H groups in total. The zero-order valence-corrected chi connectivity index (χ0v) is 20.0. The van der Waals surface area contributed by atoms with Crippen LogP contribution in [0.3, 0.4) is 0 Å². The van der Waals surface area contributed by atoms with Gasteiger partial charge in [0, 0.05) is 58.9 Å². The summed E-state index contributed by atoms with van der Waals surface area (Å²) < 4.78 is 0. The van der Waals surface area contributed by atoms with E-state index in [-0.39, 0.29) is 24.0 Å². The number of aliphatic imine (C=N–C) groups is 1. The summed E-state index contributed by atoms with van der Waals surface area (Å²) in [4.78, 5) is 12.2. The molecule has 0 aromatic heterocycles. The molecule has 1 saturated carbocycles. The molecule has 6 heteroatoms. The van der Waals surface area contributed by atoms with E-state index in [1.54, 1.807) is 0 Å². The second-order valence-electron chi connectivity index (χ2n) is 8.41. The Labute approximate surface area is 193 Å². The molecule has 1 aromatic rings. The van der Waals surface area contributed by atoms with Crippen LogP contribution < -0.4 is 5.32 Å². The lowest BCUT2D eigenvalue weighted by molar-refractivity contribution is 0.194. The standard InChI is InChI=1S/C23H35N5.HI/c1-24-23(25-18-21-11-13-28(19-21)22-9-10-22)27-16-14-26(15-17-27)12-5-8-20-6-3-2-4-7-20;/h2-8,21-22H,9-19H2,1H3,(H,24,25);1H. The largest absolute Gasteiger partial charge is 0.356 e. The quantitative estimate of drug-likeness (QED) is 0.364. The predicted molar refractivity (Wildman–Crippen MR) is 133 cm³/mol. The van der Waals surface area contributed by atoms with Crippen LogP contribution in [-0.2, 0) is 0 Å². The van der Waals surface area contributed by atoms with Crippen LogP contribution in [0.2, 0.25) is 0 Å². The lowest BCUT2D eigenvalue weighted by Crippen LogP contribution is -2.53. The van der Waals surface area contributed by atoms with E-state index in [0.29, 0.717) is 0 Å². The molecule has 3 aliphatic rings. The van der Waals surface area contributed by atoms with E-state index in [0.717, 1.165) is 57.2 Å². The SMILES string of the molecule is CN=C(NCC1CCN(C2CC2)C1)N1CCN(CC=Cc2ccccc2)CC1.I. The minimum Gasteiger partial charge on any atom is -0.356 e. The molecule has 2 heterocycles. The number of rotatable bonds is 6. The number of likely N-dealkylation sites (tertiary alicyclic amines) is 1. The van der Waals surface area contributed by atoms with Gasteiger partial charge in [0.25, 0.3) is 0 Å². The first-order valence-electron chi connectivity index (χ1n) is 11.0. The van der Waals surface area contributed by atoms with Crippen molar-refractivity contribution in [3.63, 3.8) is 0 Å². The molecule has 4 rings (SSSR count). The summed E-state index contributed by atoms with van der Waals surface area (Å²) in [5.41, 5.74) is 1.28. The Balaban J connectivity index is 0.00000240. The maximum absolute atomic E-state index is 4.55. The van der Waals surface area contributed by atoms with Crippen LogP contribution in [0.4, 0.5) is 0 Å². The van der Waals surface area contributed by atoms with Crippen LogP contribution in [0.15, 0.2) is 41.4 Å². The number of halogens is 1. The molecule has 160 valence electrons. The van der Waals surface area contributed by atoms with Crippen molar-refractivity contribution in [3.8, 4) is 0 Å². The topological polar surface area (TPSA) is 34.1 Å². The van der Waals surface area contributed by atoms with Crippen LogP contribution in [0, 0.1) is 5.92 Å². The molecule has 5 nitrogen and oxygen atoms in total. The Morgan fingerprint density at radius 2 is 1.83 bits per heavy atom. The molecule has 29 heavy (non-hydrogen) atoms. The molecule has 2 aliphatic heterocycles. The van der Waals surface area contributed by atoms with Crippen LogP contribution in [-0.4, -0.2) is 86.1 Å². The van der Waals surface area contributed by atoms with Gasteiger partial charge in [-0.3, -0.25) is 9.89 Å². The minimum absolute atomic E-state index is 0. The molecule has 0 spiro atoms. The number of guanidine groups is 1. The van der Waals surface area contributed by atoms with E-state index in [1.807, 2.05) is 7.05 Å². The van der Waals surface area contributed by atoms with Gasteiger partial charge in [0.2, 0.25) is 0 Å². The van der Waals surface area contributed by atoms with E-state index < -0.39 is 0 Å². The highest BCUT2D eigenvalue weighted by atomic mass is 127. The Morgan fingerprint density at radius 3 is 2.52 bits per heavy atom. The van der Waals surface area contributed by atoms with Crippen molar-refractivity contribution in [3.05, 3.63) is 42.0 Å². The third-order valence-corrected chi connectivity index (χ3v) is 6.29. The highest BCUT2D eigenvalue weighted by molar-refractivity contribution is 14.0. The van der Waals surface area contributed by atoms with Crippen molar-refractivity contribution in [1.82, 2.24) is 20.0 Å². The van der Waals surface area contributed by atoms with E-state index >= 15 is 0 Å². The highest BCUT2D eigenvalue weighted by Gasteiger charge is 2.34. The number of nitrogens with zero attached hydrogens (tertiary/aromatic N) is 4. The van der Waals surface area contributed by atoms with Gasteiger partial charge in [-0.2, -0.15) is 0 Å². The maximum atomic E-state index is 4.55. The average Bonchev–Trinajstić information content (AvgIpc) is 3.49. The van der Waals surface area contributed by atoms with Crippen molar-refractivity contribution in [2.45, 2.75) is 25.3 Å². The van der Waals surface area contributed by atoms with Crippen LogP contribution >= 0.6 is 24.0 Å². The van der Waals surface area contributed by atoms with Gasteiger partial charge in [-0.1, -0.05) is 42.5 Å². The fourth-order valence-electron chi connectivity index (χ4n) is 4.41. The first-order chi connectivity index (χ1) is 13.8. The fourth-order valence-corrected chi connectivity index (χ4v) is 4.41. The van der Waals surface area contributed by atoms with Gasteiger partial charge in [-0.05, 0) is 37.3 Å². The Bertz CT molecular complexity index is 665. The monoisotopic (exact) mass is 509 g/mol. The second kappa shape index (κ2) is 11.3. The lowest BCUT2D eigenvalue weighted by Gasteiger charge is -2.36. The first kappa shape index (κ1) is 22.6. The van der Waals surface area contributed by atoms with E-state index in [9.17, 15) is 0 Å². The summed E-state index contributed by atoms with van der Waals surface area (Å²) in [5.74, 6) is 1.87. The first-order valence-corrected chi connectivity index (χ1v) is 11.0. The van der Waals surface area contributed by atoms with Gasteiger partial charge in [-0.15, -0.1) is 24.0 Å². The maximum Gasteiger partial charge on any atom is 0.193 e. The van der Waals surface area contributed by atoms with Crippen molar-refractivity contribution in [1.29, 1.82) is 0 Å². The summed E-state index contributed by atoms with van der Waals surface area (Å²) in [6.45, 7) is 8.96. The van der Waals surface area contributed by atoms with Crippen LogP contribution in [0.1, 0.15) is 24.8 Å². The molecule has 1 aromatic carbocycles. The van der Waals surface area contributed by atoms with Gasteiger partial charge in [0.1, 0.15) is 0 Å². The third kappa shape index (κ3) is 6.69. The van der Waals surface area contributed by atoms with Gasteiger partial charge >= 0.3 is 0 Å². The van der Waals surface area contributed by atoms with Crippen molar-refractivity contribution in [2.24, 2.45) is 10.9 Å². The molecule has 1 unspecified atom stereocenters. The van der Waals surface area contributed by atoms with E-state index in [1.165, 1.54) is 37.9 Å². The number of hydrogen-bond acceptors (Lipinski definition) is 3. The molecule has 1 aliphatic carbocycles. The zero-order valence-electron chi connectivity index (χ0n) is 17.7. The third-order valence-electron chi connectivity index (χ3n) is 6.29. The highest BCUT2D eigenvalue weighted by Crippen LogP contribution is 2.31. The van der Waals surface area contributed by atoms with Gasteiger partial charge in [-0.25, -0.2) is 0 Å². The Morgan fingerprint density at radius 1 is 1.07 bits per heavy atom. The van der Waals surface area contributed by atoms with Crippen LogP contribution in [0.25, 0.3) is 6.08 Å². The zero-order chi connectivity index (χ0) is 19.2. The molecular formula is C23H36IN5. The molecule has 0 bridgehead atoms. The summed E-state index contributed by atoms with van der Waals surface area (Å²) in [7, 11) is 1.92. The summed E-state index contributed by atoms with van der Waals surface area (Å²) >= 11 is 0. The van der Waals surface area contributed by atoms with Crippen molar-refractivity contribution < 1.29 is 0 Å². The van der Waals surface area contributed by atoms with E-state index in [2.05, 4.69) is 67.5 Å². The molecule has 2 saturated heterocycles. The van der Waals surface area contributed by atoms with Crippen LogP contribution in [0.5, 0.6) is 0 Å². The second-order valence-corrected chi connectivity index (χ2v) is 8.41. The summed E-state index contributed by atoms with van der Waals surface area (Å²) in [6, 6.07) is 11.5. The summed E-state index contributed by atoms with van der Waals surface area (Å²) in [5, 5.41) is 3.66. The number of piperazine rings is 1. The number of hydrogen-bond donors (Lipinski definition) is 1. The van der Waals surface area contributed by atoms with Gasteiger partial charge in [0.05, 0.1) is 0 Å². The smallest absolute Gasteiger partial charge is 0.193 e. The molecule has 0 radical (unpaired) electrons. The number of benzene rings is 1. The molecule has 1 atom stereocenters. The average molecular weight is 509 g/mol. The molecule has 3 fully saturated rings.